The third kappa shape index (κ3) is 15.1. The summed E-state index contributed by atoms with van der Waals surface area (Å²) in [5.41, 5.74) is 5.56. The first-order chi connectivity index (χ1) is 39.8. The average Bonchev–Trinajstić information content (AvgIpc) is 3.62. The smallest absolute Gasteiger partial charge is 0.217 e. The van der Waals surface area contributed by atoms with E-state index in [9.17, 15) is 107 Å². The van der Waals surface area contributed by atoms with E-state index in [2.05, 4.69) is 5.32 Å². The Labute approximate surface area is 477 Å². The molecule has 37 heteroatoms. The van der Waals surface area contributed by atoms with E-state index in [1.807, 2.05) is 0 Å². The van der Waals surface area contributed by atoms with Crippen molar-refractivity contribution in [3.63, 3.8) is 0 Å². The molecular weight excluding hydrogens is 1150 g/mol. The fourth-order valence-corrected chi connectivity index (χ4v) is 10.7. The van der Waals surface area contributed by atoms with Gasteiger partial charge in [-0.05, 0) is 0 Å². The van der Waals surface area contributed by atoms with Gasteiger partial charge >= 0.3 is 0 Å². The van der Waals surface area contributed by atoms with Gasteiger partial charge in [0.2, 0.25) is 5.91 Å². The molecule has 490 valence electrons. The van der Waals surface area contributed by atoms with Crippen molar-refractivity contribution in [3.05, 3.63) is 0 Å². The summed E-state index contributed by atoms with van der Waals surface area (Å²) < 4.78 is 80.9. The Kier molecular flexibility index (Phi) is 25.4. The molecule has 0 bridgehead atoms. The van der Waals surface area contributed by atoms with Crippen LogP contribution in [0, 0.1) is 5.92 Å². The van der Waals surface area contributed by atoms with E-state index in [1.54, 1.807) is 0 Å². The van der Waals surface area contributed by atoms with E-state index < -0.39 is 267 Å². The van der Waals surface area contributed by atoms with Gasteiger partial charge in [0.15, 0.2) is 44.0 Å². The van der Waals surface area contributed by atoms with Crippen LogP contribution in [0.2, 0.25) is 0 Å². The van der Waals surface area contributed by atoms with E-state index in [0.29, 0.717) is 0 Å². The number of carbonyl (C=O) groups is 1. The van der Waals surface area contributed by atoms with E-state index in [4.69, 9.17) is 72.0 Å². The minimum Gasteiger partial charge on any atom is -0.394 e. The molecule has 1 amide bonds. The zero-order valence-corrected chi connectivity index (χ0v) is 45.2. The van der Waals surface area contributed by atoms with Crippen LogP contribution in [-0.2, 0) is 71.1 Å². The summed E-state index contributed by atoms with van der Waals surface area (Å²) in [6, 6.07) is -1.29. The van der Waals surface area contributed by atoms with Crippen molar-refractivity contribution < 1.29 is 173 Å². The summed E-state index contributed by atoms with van der Waals surface area (Å²) in [6.45, 7) is -3.93. The highest BCUT2D eigenvalue weighted by Crippen LogP contribution is 2.38. The van der Waals surface area contributed by atoms with E-state index in [0.717, 1.165) is 6.92 Å². The molecule has 0 saturated carbocycles. The predicted molar refractivity (Wildman–Crippen MR) is 259 cm³/mol. The maximum Gasteiger partial charge on any atom is 0.217 e. The molecule has 7 rings (SSSR count). The first kappa shape index (κ1) is 69.5. The van der Waals surface area contributed by atoms with E-state index in [1.165, 1.54) is 6.92 Å². The Morgan fingerprint density at radius 2 is 0.702 bits per heavy atom. The summed E-state index contributed by atoms with van der Waals surface area (Å²) in [7, 11) is 0. The van der Waals surface area contributed by atoms with Crippen LogP contribution >= 0.6 is 0 Å². The van der Waals surface area contributed by atoms with Gasteiger partial charge in [0.25, 0.3) is 0 Å². The zero-order chi connectivity index (χ0) is 61.8. The average molecular weight is 1240 g/mol. The van der Waals surface area contributed by atoms with Crippen molar-refractivity contribution in [2.45, 2.75) is 223 Å². The molecule has 0 aliphatic carbocycles. The highest BCUT2D eigenvalue weighted by atomic mass is 16.8. The molecular formula is C47H82N2O35. The van der Waals surface area contributed by atoms with Crippen LogP contribution < -0.4 is 11.1 Å². The molecule has 0 spiro atoms. The number of aliphatic hydroxyl groups is 20. The molecule has 7 aliphatic rings. The van der Waals surface area contributed by atoms with Crippen LogP contribution in [0.1, 0.15) is 13.8 Å². The minimum absolute atomic E-state index is 0.0204. The largest absolute Gasteiger partial charge is 0.394 e. The normalized spacial score (nSPS) is 50.4. The second-order valence-electron chi connectivity index (χ2n) is 21.4. The molecule has 37 nitrogen and oxygen atoms in total. The van der Waals surface area contributed by atoms with Crippen LogP contribution in [0.15, 0.2) is 0 Å². The molecule has 0 aromatic carbocycles. The molecule has 23 N–H and O–H groups in total. The van der Waals surface area contributed by atoms with Crippen LogP contribution in [0.4, 0.5) is 0 Å². The third-order valence-electron chi connectivity index (χ3n) is 15.6. The van der Waals surface area contributed by atoms with Gasteiger partial charge in [0.1, 0.15) is 159 Å². The van der Waals surface area contributed by atoms with Crippen LogP contribution in [0.3, 0.4) is 0 Å². The van der Waals surface area contributed by atoms with Crippen molar-refractivity contribution in [3.8, 4) is 0 Å². The summed E-state index contributed by atoms with van der Waals surface area (Å²) in [4.78, 5) is 12.2. The number of ether oxygens (including phenoxy) is 14. The number of amides is 1. The van der Waals surface area contributed by atoms with Crippen LogP contribution in [0.5, 0.6) is 0 Å². The number of rotatable bonds is 23. The monoisotopic (exact) mass is 1230 g/mol. The molecule has 7 aliphatic heterocycles. The second-order valence-corrected chi connectivity index (χ2v) is 21.4. The molecule has 7 saturated heterocycles. The van der Waals surface area contributed by atoms with Gasteiger partial charge in [0, 0.05) is 19.4 Å². The van der Waals surface area contributed by atoms with Gasteiger partial charge in [0.05, 0.1) is 59.0 Å². The lowest BCUT2D eigenvalue weighted by Gasteiger charge is -2.50. The maximum absolute atomic E-state index is 12.2. The summed E-state index contributed by atoms with van der Waals surface area (Å²) in [6.07, 6.45) is -61.8. The number of hydrogen-bond donors (Lipinski definition) is 22. The molecule has 0 aromatic heterocycles. The van der Waals surface area contributed by atoms with Gasteiger partial charge in [-0.1, -0.05) is 6.92 Å². The van der Waals surface area contributed by atoms with Crippen LogP contribution in [-0.4, -0.2) is 376 Å². The summed E-state index contributed by atoms with van der Waals surface area (Å²) in [5.74, 6) is -1.84. The third-order valence-corrected chi connectivity index (χ3v) is 15.6. The van der Waals surface area contributed by atoms with Crippen molar-refractivity contribution in [1.82, 2.24) is 5.32 Å². The molecule has 35 atom stereocenters. The lowest BCUT2D eigenvalue weighted by molar-refractivity contribution is -0.389. The Hall–Kier alpha value is -1.93. The number of nitrogens with one attached hydrogen (secondary N) is 1. The topological polar surface area (TPSA) is 589 Å². The summed E-state index contributed by atoms with van der Waals surface area (Å²) in [5, 5.41) is 219. The number of nitrogens with two attached hydrogens (primary N) is 1. The minimum atomic E-state index is -2.24. The van der Waals surface area contributed by atoms with E-state index >= 15 is 0 Å². The molecule has 84 heavy (non-hydrogen) atoms. The van der Waals surface area contributed by atoms with Crippen molar-refractivity contribution in [2.75, 3.05) is 59.4 Å². The Bertz CT molecular complexity index is 1990. The van der Waals surface area contributed by atoms with Gasteiger partial charge in [-0.15, -0.1) is 0 Å². The van der Waals surface area contributed by atoms with Gasteiger partial charge in [-0.3, -0.25) is 4.79 Å². The van der Waals surface area contributed by atoms with Crippen molar-refractivity contribution >= 4 is 5.91 Å². The Balaban J connectivity index is 1.14. The maximum atomic E-state index is 12.2. The predicted octanol–water partition coefficient (Wildman–Crippen LogP) is -14.9. The first-order valence-electron chi connectivity index (χ1n) is 27.1. The lowest BCUT2D eigenvalue weighted by Crippen LogP contribution is -2.68. The van der Waals surface area contributed by atoms with Gasteiger partial charge < -0.3 is 179 Å². The SMILES string of the molecule is CC(=O)NC1[C@H](OCCN)OC(CO)[C@@H](O[C@@H]2OC(CO)[C@@H](O[C@@H]3OC(CO[C@H]4OC(CO[C@H]5OC(CO)[C@@H](O)[C@@H](O)C5O)[C@@H](O)[C@@H](O[C@H]5O[C@@H](CO)[C@@H](O)C(O)C5O)C4O)[C@@H](O)[C@H](O[C@H]4O[C@@H](CO)[C@@H](O)C(O)C4O)C3O)[C@@H](O)C2C)[C@@H]1O. The fraction of sp³-hybridized carbons (Fsp3) is 0.979. The molecule has 7 fully saturated rings. The molecule has 0 radical (unpaired) electrons. The number of carbonyl (C=O) groups excluding carboxylic acids is 1. The van der Waals surface area contributed by atoms with Gasteiger partial charge in [-0.2, -0.15) is 0 Å². The second kappa shape index (κ2) is 30.7. The number of aliphatic hydroxyl groups excluding tert-OH is 20. The standard InChI is InChI=1S/C47H82N2O35/c1-12-22(56)37(17(8-53)77-41(12)81-38-18(9-54)78-42(71-4-3-48)21(28(38)62)49-13(2)55)82-47-36(70)40(84-46-34(68)31(65)25(59)16(7-52)76-46)27(61)20(80-47)11-73-44-35(69)39(83-45-33(67)30(64)24(58)15(6-51)75-45)26(60)19(79-44)10-72-43-32(66)29(63)23(57)14(5-50)74-43/h12,14-47,50-54,56-70H,3-11,48H2,1-2H3,(H,49,55)/t12?,14?,15-,16-,17?,18?,19?,20?,21?,22-,23+,24+,25+,26+,27+,28+,29+,30?,31?,32?,33?,34?,35?,36?,37+,38+,39+,40-,41-,42+,43-,44-,45+,46+,47-/m0/s1. The summed E-state index contributed by atoms with van der Waals surface area (Å²) >= 11 is 0. The Morgan fingerprint density at radius 3 is 1.14 bits per heavy atom. The lowest BCUT2D eigenvalue weighted by atomic mass is 9.91. The number of hydrogen-bond acceptors (Lipinski definition) is 36. The highest BCUT2D eigenvalue weighted by Gasteiger charge is 2.57. The van der Waals surface area contributed by atoms with E-state index in [-0.39, 0.29) is 13.2 Å². The molecule has 0 aromatic rings. The Morgan fingerprint density at radius 1 is 0.369 bits per heavy atom. The highest BCUT2D eigenvalue weighted by molar-refractivity contribution is 5.73. The van der Waals surface area contributed by atoms with Gasteiger partial charge in [-0.25, -0.2) is 0 Å². The molecule has 7 heterocycles. The first-order valence-corrected chi connectivity index (χ1v) is 27.1. The molecule has 14 unspecified atom stereocenters. The zero-order valence-electron chi connectivity index (χ0n) is 45.2. The quantitative estimate of drug-likeness (QED) is 0.0452. The van der Waals surface area contributed by atoms with Crippen molar-refractivity contribution in [1.29, 1.82) is 0 Å². The fourth-order valence-electron chi connectivity index (χ4n) is 10.7. The van der Waals surface area contributed by atoms with Crippen LogP contribution in [0.25, 0.3) is 0 Å². The van der Waals surface area contributed by atoms with Crippen molar-refractivity contribution in [2.24, 2.45) is 11.7 Å².